The van der Waals surface area contributed by atoms with Gasteiger partial charge in [-0.2, -0.15) is 0 Å². The zero-order chi connectivity index (χ0) is 18.9. The smallest absolute Gasteiger partial charge is 0.184 e. The van der Waals surface area contributed by atoms with Crippen LogP contribution < -0.4 is 0 Å². The van der Waals surface area contributed by atoms with Crippen molar-refractivity contribution in [2.24, 2.45) is 5.92 Å². The summed E-state index contributed by atoms with van der Waals surface area (Å²) in [4.78, 5) is 15.9. The molecule has 146 valence electrons. The molecule has 0 radical (unpaired) electrons. The van der Waals surface area contributed by atoms with Crippen LogP contribution in [0.25, 0.3) is 0 Å². The van der Waals surface area contributed by atoms with E-state index in [2.05, 4.69) is 35.2 Å². The fourth-order valence-corrected chi connectivity index (χ4v) is 5.17. The van der Waals surface area contributed by atoms with Crippen molar-refractivity contribution in [2.75, 3.05) is 13.2 Å². The number of nitrogens with zero attached hydrogens (tertiary/aromatic N) is 1. The van der Waals surface area contributed by atoms with E-state index in [-0.39, 0.29) is 18.0 Å². The summed E-state index contributed by atoms with van der Waals surface area (Å²) in [6.45, 7) is 2.24. The van der Waals surface area contributed by atoms with Gasteiger partial charge in [0.1, 0.15) is 0 Å². The number of fused-ring (bicyclic) bond motifs is 2. The Labute approximate surface area is 166 Å². The van der Waals surface area contributed by atoms with Gasteiger partial charge in [0.25, 0.3) is 0 Å². The highest BCUT2D eigenvalue weighted by Gasteiger charge is 2.42. The Morgan fingerprint density at radius 3 is 2.36 bits per heavy atom. The van der Waals surface area contributed by atoms with Crippen LogP contribution in [0.5, 0.6) is 0 Å². The van der Waals surface area contributed by atoms with Crippen LogP contribution in [-0.2, 0) is 16.0 Å². The molecular formula is C24H27NO3. The van der Waals surface area contributed by atoms with Crippen molar-refractivity contribution in [2.45, 2.75) is 50.6 Å². The highest BCUT2D eigenvalue weighted by molar-refractivity contribution is 5.98. The van der Waals surface area contributed by atoms with Crippen LogP contribution in [-0.4, -0.2) is 36.0 Å². The molecule has 3 fully saturated rings. The Bertz CT molecular complexity index is 817. The van der Waals surface area contributed by atoms with Gasteiger partial charge in [0.05, 0.1) is 13.2 Å². The molecule has 0 saturated carbocycles. The van der Waals surface area contributed by atoms with Crippen molar-refractivity contribution in [3.8, 4) is 0 Å². The second-order valence-electron chi connectivity index (χ2n) is 8.27. The topological polar surface area (TPSA) is 38.8 Å². The SMILES string of the molecule is O=C(c1cccc(C2OCCO2)c1)C1CC2CCC(C1)N2Cc1ccccc1. The monoisotopic (exact) mass is 377 g/mol. The van der Waals surface area contributed by atoms with Gasteiger partial charge in [0.15, 0.2) is 12.1 Å². The Hall–Kier alpha value is -2.01. The lowest BCUT2D eigenvalue weighted by atomic mass is 9.84. The first-order chi connectivity index (χ1) is 13.8. The first-order valence-electron chi connectivity index (χ1n) is 10.4. The van der Waals surface area contributed by atoms with E-state index in [0.29, 0.717) is 25.3 Å². The number of hydrogen-bond acceptors (Lipinski definition) is 4. The Kier molecular flexibility index (Phi) is 5.02. The number of piperidine rings is 1. The molecule has 2 aromatic carbocycles. The van der Waals surface area contributed by atoms with Crippen molar-refractivity contribution in [3.05, 3.63) is 71.3 Å². The zero-order valence-corrected chi connectivity index (χ0v) is 16.1. The predicted octanol–water partition coefficient (Wildman–Crippen LogP) is 4.36. The van der Waals surface area contributed by atoms with Crippen LogP contribution >= 0.6 is 0 Å². The van der Waals surface area contributed by atoms with Gasteiger partial charge < -0.3 is 9.47 Å². The standard InChI is InChI=1S/C24H27NO3/c26-23(18-7-4-8-19(13-18)24-27-11-12-28-24)20-14-21-9-10-22(15-20)25(21)16-17-5-2-1-3-6-17/h1-8,13,20-22,24H,9-12,14-16H2. The summed E-state index contributed by atoms with van der Waals surface area (Å²) in [5.41, 5.74) is 3.12. The minimum Gasteiger partial charge on any atom is -0.346 e. The van der Waals surface area contributed by atoms with E-state index in [0.717, 1.165) is 30.5 Å². The highest BCUT2D eigenvalue weighted by atomic mass is 16.7. The molecule has 0 aromatic heterocycles. The first kappa shape index (κ1) is 18.0. The molecule has 0 spiro atoms. The number of rotatable bonds is 5. The number of carbonyl (C=O) groups is 1. The van der Waals surface area contributed by atoms with E-state index in [1.165, 1.54) is 18.4 Å². The van der Waals surface area contributed by atoms with Crippen molar-refractivity contribution in [1.82, 2.24) is 4.90 Å². The van der Waals surface area contributed by atoms with Crippen LogP contribution in [0.1, 0.15) is 53.5 Å². The van der Waals surface area contributed by atoms with E-state index in [4.69, 9.17) is 9.47 Å². The normalized spacial score (nSPS) is 27.9. The molecule has 2 aromatic rings. The summed E-state index contributed by atoms with van der Waals surface area (Å²) < 4.78 is 11.2. The predicted molar refractivity (Wildman–Crippen MR) is 107 cm³/mol. The van der Waals surface area contributed by atoms with E-state index < -0.39 is 0 Å². The van der Waals surface area contributed by atoms with Gasteiger partial charge in [-0.15, -0.1) is 0 Å². The summed E-state index contributed by atoms with van der Waals surface area (Å²) in [6.07, 6.45) is 4.05. The molecule has 3 aliphatic heterocycles. The second-order valence-corrected chi connectivity index (χ2v) is 8.27. The van der Waals surface area contributed by atoms with Gasteiger partial charge >= 0.3 is 0 Å². The highest BCUT2D eigenvalue weighted by Crippen LogP contribution is 2.41. The maximum Gasteiger partial charge on any atom is 0.184 e. The number of carbonyl (C=O) groups excluding carboxylic acids is 1. The van der Waals surface area contributed by atoms with Crippen LogP contribution in [0.2, 0.25) is 0 Å². The van der Waals surface area contributed by atoms with E-state index in [9.17, 15) is 4.79 Å². The molecule has 2 bridgehead atoms. The fourth-order valence-electron chi connectivity index (χ4n) is 5.17. The van der Waals surface area contributed by atoms with Crippen LogP contribution in [0.15, 0.2) is 54.6 Å². The quantitative estimate of drug-likeness (QED) is 0.726. The van der Waals surface area contributed by atoms with E-state index in [1.807, 2.05) is 24.3 Å². The third-order valence-electron chi connectivity index (χ3n) is 6.53. The lowest BCUT2D eigenvalue weighted by Crippen LogP contribution is -2.44. The van der Waals surface area contributed by atoms with Gasteiger partial charge in [-0.05, 0) is 37.3 Å². The van der Waals surface area contributed by atoms with Crippen LogP contribution in [0.4, 0.5) is 0 Å². The van der Waals surface area contributed by atoms with Crippen molar-refractivity contribution in [3.63, 3.8) is 0 Å². The minimum atomic E-state index is -0.323. The molecule has 4 nitrogen and oxygen atoms in total. The summed E-state index contributed by atoms with van der Waals surface area (Å²) >= 11 is 0. The third kappa shape index (κ3) is 3.52. The molecule has 3 aliphatic rings. The molecular weight excluding hydrogens is 350 g/mol. The molecule has 0 amide bonds. The van der Waals surface area contributed by atoms with Crippen molar-refractivity contribution in [1.29, 1.82) is 0 Å². The van der Waals surface area contributed by atoms with Gasteiger partial charge in [0, 0.05) is 35.7 Å². The average Bonchev–Trinajstić information content (AvgIpc) is 3.35. The maximum absolute atomic E-state index is 13.3. The zero-order valence-electron chi connectivity index (χ0n) is 16.1. The van der Waals surface area contributed by atoms with Gasteiger partial charge in [-0.3, -0.25) is 9.69 Å². The number of Topliss-reactive ketones (excluding diaryl/α,β-unsaturated/α-hetero) is 1. The fraction of sp³-hybridized carbons (Fsp3) is 0.458. The largest absolute Gasteiger partial charge is 0.346 e. The number of benzene rings is 2. The summed E-state index contributed by atoms with van der Waals surface area (Å²) in [5, 5.41) is 0. The van der Waals surface area contributed by atoms with Crippen LogP contribution in [0.3, 0.4) is 0 Å². The third-order valence-corrected chi connectivity index (χ3v) is 6.53. The van der Waals surface area contributed by atoms with E-state index >= 15 is 0 Å². The van der Waals surface area contributed by atoms with Gasteiger partial charge in [0.2, 0.25) is 0 Å². The summed E-state index contributed by atoms with van der Waals surface area (Å²) in [6, 6.07) is 19.6. The Balaban J connectivity index is 1.28. The number of ketones is 1. The van der Waals surface area contributed by atoms with Crippen molar-refractivity contribution < 1.29 is 14.3 Å². The molecule has 2 atom stereocenters. The lowest BCUT2D eigenvalue weighted by Gasteiger charge is -2.38. The number of ether oxygens (including phenoxy) is 2. The van der Waals surface area contributed by atoms with Crippen LogP contribution in [0, 0.1) is 5.92 Å². The average molecular weight is 377 g/mol. The molecule has 3 heterocycles. The minimum absolute atomic E-state index is 0.130. The van der Waals surface area contributed by atoms with Gasteiger partial charge in [-0.25, -0.2) is 0 Å². The molecule has 28 heavy (non-hydrogen) atoms. The molecule has 5 rings (SSSR count). The van der Waals surface area contributed by atoms with Crippen molar-refractivity contribution >= 4 is 5.78 Å². The summed E-state index contributed by atoms with van der Waals surface area (Å²) in [5.74, 6) is 0.418. The first-order valence-corrected chi connectivity index (χ1v) is 10.4. The van der Waals surface area contributed by atoms with E-state index in [1.54, 1.807) is 0 Å². The lowest BCUT2D eigenvalue weighted by molar-refractivity contribution is -0.0441. The molecule has 0 N–H and O–H groups in total. The molecule has 2 unspecified atom stereocenters. The second kappa shape index (κ2) is 7.78. The molecule has 0 aliphatic carbocycles. The van der Waals surface area contributed by atoms with Gasteiger partial charge in [-0.1, -0.05) is 48.5 Å². The number of hydrogen-bond donors (Lipinski definition) is 0. The molecule has 3 saturated heterocycles. The molecule has 4 heteroatoms. The Morgan fingerprint density at radius 2 is 1.64 bits per heavy atom. The Morgan fingerprint density at radius 1 is 0.929 bits per heavy atom. The maximum atomic E-state index is 13.3. The summed E-state index contributed by atoms with van der Waals surface area (Å²) in [7, 11) is 0.